The summed E-state index contributed by atoms with van der Waals surface area (Å²) in [6.07, 6.45) is 7.34. The van der Waals surface area contributed by atoms with Gasteiger partial charge in [-0.2, -0.15) is 0 Å². The van der Waals surface area contributed by atoms with E-state index in [4.69, 9.17) is 14.2 Å². The van der Waals surface area contributed by atoms with Crippen LogP contribution in [-0.4, -0.2) is 38.0 Å². The summed E-state index contributed by atoms with van der Waals surface area (Å²) < 4.78 is 15.6. The van der Waals surface area contributed by atoms with Gasteiger partial charge in [0.2, 0.25) is 0 Å². The van der Waals surface area contributed by atoms with Crippen molar-refractivity contribution >= 4 is 23.7 Å². The third-order valence-corrected chi connectivity index (χ3v) is 5.04. The zero-order valence-electron chi connectivity index (χ0n) is 16.8. The van der Waals surface area contributed by atoms with Crippen LogP contribution in [0.25, 0.3) is 0 Å². The van der Waals surface area contributed by atoms with Crippen molar-refractivity contribution < 1.29 is 23.8 Å². The maximum atomic E-state index is 11.9. The van der Waals surface area contributed by atoms with Crippen LogP contribution >= 0.6 is 11.8 Å². The Morgan fingerprint density at radius 1 is 1.00 bits per heavy atom. The molecule has 0 aliphatic heterocycles. The van der Waals surface area contributed by atoms with Gasteiger partial charge in [0.05, 0.1) is 37.2 Å². The lowest BCUT2D eigenvalue weighted by Crippen LogP contribution is -2.07. The Balaban J connectivity index is 2.34. The van der Waals surface area contributed by atoms with Gasteiger partial charge in [-0.05, 0) is 31.5 Å². The second kappa shape index (κ2) is 14.4. The summed E-state index contributed by atoms with van der Waals surface area (Å²) in [5.74, 6) is 0.697. The molecule has 1 aromatic rings. The highest BCUT2D eigenvalue weighted by atomic mass is 32.2. The van der Waals surface area contributed by atoms with Gasteiger partial charge in [-0.15, -0.1) is 11.8 Å². The highest BCUT2D eigenvalue weighted by molar-refractivity contribution is 7.99. The van der Waals surface area contributed by atoms with Crippen molar-refractivity contribution in [2.45, 2.75) is 63.7 Å². The Kier molecular flexibility index (Phi) is 12.4. The lowest BCUT2D eigenvalue weighted by Gasteiger charge is -2.10. The van der Waals surface area contributed by atoms with Crippen molar-refractivity contribution in [2.24, 2.45) is 0 Å². The fourth-order valence-corrected chi connectivity index (χ4v) is 3.51. The van der Waals surface area contributed by atoms with Gasteiger partial charge in [0.1, 0.15) is 5.75 Å². The van der Waals surface area contributed by atoms with Crippen molar-refractivity contribution in [1.82, 2.24) is 0 Å². The molecule has 27 heavy (non-hydrogen) atoms. The number of esters is 2. The molecule has 0 saturated carbocycles. The van der Waals surface area contributed by atoms with Gasteiger partial charge < -0.3 is 14.2 Å². The summed E-state index contributed by atoms with van der Waals surface area (Å²) in [6.45, 7) is 4.80. The van der Waals surface area contributed by atoms with Crippen LogP contribution in [0.2, 0.25) is 0 Å². The molecular formula is C21H32O5S. The van der Waals surface area contributed by atoms with E-state index in [0.29, 0.717) is 36.7 Å². The first-order valence-corrected chi connectivity index (χ1v) is 10.7. The van der Waals surface area contributed by atoms with E-state index >= 15 is 0 Å². The lowest BCUT2D eigenvalue weighted by molar-refractivity contribution is -0.143. The highest BCUT2D eigenvalue weighted by Gasteiger charge is 2.12. The van der Waals surface area contributed by atoms with E-state index in [1.807, 2.05) is 0 Å². The molecule has 0 saturated heterocycles. The number of hydrogen-bond donors (Lipinski definition) is 0. The minimum atomic E-state index is -0.361. The fourth-order valence-electron chi connectivity index (χ4n) is 2.52. The summed E-state index contributed by atoms with van der Waals surface area (Å²) >= 11 is 1.47. The predicted octanol–water partition coefficient (Wildman–Crippen LogP) is 5.26. The molecule has 0 spiro atoms. The highest BCUT2D eigenvalue weighted by Crippen LogP contribution is 2.31. The first-order valence-electron chi connectivity index (χ1n) is 9.75. The zero-order valence-corrected chi connectivity index (χ0v) is 17.6. The number of ether oxygens (including phenoxy) is 3. The molecule has 0 bridgehead atoms. The molecule has 0 amide bonds. The van der Waals surface area contributed by atoms with Crippen molar-refractivity contribution in [1.29, 1.82) is 0 Å². The van der Waals surface area contributed by atoms with Crippen LogP contribution in [0.1, 0.15) is 69.2 Å². The minimum Gasteiger partial charge on any atom is -0.496 e. The van der Waals surface area contributed by atoms with Crippen molar-refractivity contribution in [3.05, 3.63) is 23.8 Å². The molecule has 1 aromatic carbocycles. The Bertz CT molecular complexity index is 574. The third-order valence-electron chi connectivity index (χ3n) is 4.00. The number of methoxy groups -OCH3 is 1. The van der Waals surface area contributed by atoms with Gasteiger partial charge >= 0.3 is 11.9 Å². The minimum absolute atomic E-state index is 0.184. The smallest absolute Gasteiger partial charge is 0.338 e. The third kappa shape index (κ3) is 9.70. The Morgan fingerprint density at radius 3 is 2.44 bits per heavy atom. The van der Waals surface area contributed by atoms with Crippen molar-refractivity contribution in [2.75, 3.05) is 26.1 Å². The van der Waals surface area contributed by atoms with Gasteiger partial charge in [-0.25, -0.2) is 4.79 Å². The number of unbranched alkanes of at least 4 members (excludes halogenated alkanes) is 5. The average Bonchev–Trinajstić information content (AvgIpc) is 2.67. The van der Waals surface area contributed by atoms with Gasteiger partial charge in [-0.3, -0.25) is 4.79 Å². The van der Waals surface area contributed by atoms with Crippen LogP contribution in [0.4, 0.5) is 0 Å². The topological polar surface area (TPSA) is 61.8 Å². The van der Waals surface area contributed by atoms with E-state index in [1.54, 1.807) is 32.2 Å². The largest absolute Gasteiger partial charge is 0.496 e. The summed E-state index contributed by atoms with van der Waals surface area (Å²) in [5, 5.41) is 0. The zero-order chi connectivity index (χ0) is 19.9. The fraction of sp³-hybridized carbons (Fsp3) is 0.619. The summed E-state index contributed by atoms with van der Waals surface area (Å²) in [5.41, 5.74) is 0.478. The van der Waals surface area contributed by atoms with E-state index in [1.165, 1.54) is 37.4 Å². The van der Waals surface area contributed by atoms with Crippen LogP contribution in [0.3, 0.4) is 0 Å². The second-order valence-electron chi connectivity index (χ2n) is 6.17. The van der Waals surface area contributed by atoms with E-state index in [9.17, 15) is 9.59 Å². The molecule has 1 rings (SSSR count). The second-order valence-corrected chi connectivity index (χ2v) is 7.31. The molecule has 0 N–H and O–H groups in total. The average molecular weight is 397 g/mol. The summed E-state index contributed by atoms with van der Waals surface area (Å²) in [4.78, 5) is 24.5. The van der Waals surface area contributed by atoms with Crippen LogP contribution in [0, 0.1) is 0 Å². The number of hydrogen-bond acceptors (Lipinski definition) is 6. The molecule has 0 fully saturated rings. The standard InChI is InChI=1S/C21H32O5S/c1-4-6-7-8-9-10-14-26-20(22)13-15-27-19-16-17(21(23)25-5-2)11-12-18(19)24-3/h11-12,16H,4-10,13-15H2,1-3H3. The van der Waals surface area contributed by atoms with E-state index < -0.39 is 0 Å². The first-order chi connectivity index (χ1) is 13.1. The Labute approximate surface area is 167 Å². The van der Waals surface area contributed by atoms with Crippen molar-refractivity contribution in [3.63, 3.8) is 0 Å². The quantitative estimate of drug-likeness (QED) is 0.243. The summed E-state index contributed by atoms with van der Waals surface area (Å²) in [7, 11) is 1.58. The molecule has 0 radical (unpaired) electrons. The number of carbonyl (C=O) groups is 2. The van der Waals surface area contributed by atoms with Crippen LogP contribution in [0.5, 0.6) is 5.75 Å². The maximum absolute atomic E-state index is 11.9. The van der Waals surface area contributed by atoms with Crippen LogP contribution < -0.4 is 4.74 Å². The van der Waals surface area contributed by atoms with Gasteiger partial charge in [0.15, 0.2) is 0 Å². The van der Waals surface area contributed by atoms with E-state index in [-0.39, 0.29) is 11.9 Å². The molecule has 0 atom stereocenters. The number of benzene rings is 1. The molecule has 6 heteroatoms. The molecule has 0 aromatic heterocycles. The van der Waals surface area contributed by atoms with E-state index in [2.05, 4.69) is 6.92 Å². The molecule has 152 valence electrons. The van der Waals surface area contributed by atoms with Crippen molar-refractivity contribution in [3.8, 4) is 5.75 Å². The molecule has 0 aliphatic carbocycles. The molecule has 0 heterocycles. The van der Waals surface area contributed by atoms with Crippen LogP contribution in [0.15, 0.2) is 23.1 Å². The summed E-state index contributed by atoms with van der Waals surface area (Å²) in [6, 6.07) is 5.16. The van der Waals surface area contributed by atoms with E-state index in [0.717, 1.165) is 17.7 Å². The lowest BCUT2D eigenvalue weighted by atomic mass is 10.1. The normalized spacial score (nSPS) is 10.5. The molecule has 0 unspecified atom stereocenters. The SMILES string of the molecule is CCCCCCCCOC(=O)CCSc1cc(C(=O)OCC)ccc1OC. The predicted molar refractivity (Wildman–Crippen MR) is 109 cm³/mol. The van der Waals surface area contributed by atoms with Crippen LogP contribution in [-0.2, 0) is 14.3 Å². The number of carbonyl (C=O) groups excluding carboxylic acids is 2. The number of thioether (sulfide) groups is 1. The molecule has 5 nitrogen and oxygen atoms in total. The first kappa shape index (κ1) is 23.3. The Hall–Kier alpha value is -1.69. The molecule has 0 aliphatic rings. The maximum Gasteiger partial charge on any atom is 0.338 e. The number of rotatable bonds is 14. The molecular weight excluding hydrogens is 364 g/mol. The monoisotopic (exact) mass is 396 g/mol. The van der Waals surface area contributed by atoms with Gasteiger partial charge in [-0.1, -0.05) is 39.0 Å². The van der Waals surface area contributed by atoms with Gasteiger partial charge in [0, 0.05) is 5.75 Å². The van der Waals surface area contributed by atoms with Gasteiger partial charge in [0.25, 0.3) is 0 Å². The Morgan fingerprint density at radius 2 is 1.74 bits per heavy atom.